The summed E-state index contributed by atoms with van der Waals surface area (Å²) in [4.78, 5) is 0. The third-order valence-electron chi connectivity index (χ3n) is 4.34. The number of aliphatic hydroxyl groups is 1. The highest BCUT2D eigenvalue weighted by Crippen LogP contribution is 2.32. The van der Waals surface area contributed by atoms with Crippen molar-refractivity contribution in [3.05, 3.63) is 23.8 Å². The Hall–Kier alpha value is -0.995. The molecule has 1 aromatic rings. The average molecular weight is 275 g/mol. The van der Waals surface area contributed by atoms with Crippen LogP contribution in [0.25, 0.3) is 0 Å². The molecule has 4 heteroatoms. The van der Waals surface area contributed by atoms with Gasteiger partial charge in [0.05, 0.1) is 17.8 Å². The lowest BCUT2D eigenvalue weighted by atomic mass is 9.80. The van der Waals surface area contributed by atoms with Crippen LogP contribution in [0.2, 0.25) is 0 Å². The first kappa shape index (κ1) is 15.4. The molecule has 1 aliphatic rings. The first-order valence-corrected chi connectivity index (χ1v) is 7.21. The number of benzene rings is 1. The van der Waals surface area contributed by atoms with Crippen molar-refractivity contribution < 1.29 is 14.5 Å². The molecule has 3 nitrogen and oxygen atoms in total. The second kappa shape index (κ2) is 5.42. The van der Waals surface area contributed by atoms with E-state index in [4.69, 9.17) is 9.39 Å². The molecule has 20 heavy (non-hydrogen) atoms. The quantitative estimate of drug-likeness (QED) is 0.857. The summed E-state index contributed by atoms with van der Waals surface area (Å²) in [7, 11) is 1.72. The van der Waals surface area contributed by atoms with E-state index in [1.807, 2.05) is 26.0 Å². The largest absolute Gasteiger partial charge is 0.493 e. The molecule has 0 bridgehead atoms. The number of hydrogen-bond acceptors (Lipinski definition) is 3. The standard InChI is InChI=1S/C16H24BO3/c1-11-8-9-19-14-7-6-12(10-13(11)14)17-20-16(4,5)15(2,3)18/h6-7,10-11,18H,8-9H2,1-5H3. The van der Waals surface area contributed by atoms with Crippen molar-refractivity contribution in [2.45, 2.75) is 58.2 Å². The van der Waals surface area contributed by atoms with Gasteiger partial charge in [0.1, 0.15) is 5.75 Å². The molecule has 0 fully saturated rings. The van der Waals surface area contributed by atoms with Crippen LogP contribution in [0.1, 0.15) is 52.5 Å². The zero-order chi connectivity index (χ0) is 15.0. The number of hydrogen-bond donors (Lipinski definition) is 1. The van der Waals surface area contributed by atoms with Crippen LogP contribution in [0, 0.1) is 0 Å². The zero-order valence-corrected chi connectivity index (χ0v) is 13.1. The maximum Gasteiger partial charge on any atom is 0.330 e. The van der Waals surface area contributed by atoms with Gasteiger partial charge in [0.25, 0.3) is 0 Å². The highest BCUT2D eigenvalue weighted by molar-refractivity contribution is 6.47. The summed E-state index contributed by atoms with van der Waals surface area (Å²) in [6.45, 7) is 10.3. The lowest BCUT2D eigenvalue weighted by molar-refractivity contribution is -0.0893. The summed E-state index contributed by atoms with van der Waals surface area (Å²) in [6.07, 6.45) is 1.05. The van der Waals surface area contributed by atoms with Gasteiger partial charge >= 0.3 is 7.48 Å². The fraction of sp³-hybridized carbons (Fsp3) is 0.625. The van der Waals surface area contributed by atoms with Crippen molar-refractivity contribution in [2.75, 3.05) is 6.61 Å². The van der Waals surface area contributed by atoms with Crippen LogP contribution in [-0.2, 0) is 4.65 Å². The molecule has 1 aromatic carbocycles. The maximum absolute atomic E-state index is 10.1. The third-order valence-corrected chi connectivity index (χ3v) is 4.34. The van der Waals surface area contributed by atoms with E-state index in [2.05, 4.69) is 13.0 Å². The van der Waals surface area contributed by atoms with Gasteiger partial charge in [-0.2, -0.15) is 0 Å². The summed E-state index contributed by atoms with van der Waals surface area (Å²) in [5, 5.41) is 10.1. The van der Waals surface area contributed by atoms with E-state index in [-0.39, 0.29) is 0 Å². The molecule has 1 atom stereocenters. The molecule has 2 rings (SSSR count). The average Bonchev–Trinajstić information content (AvgIpc) is 2.36. The van der Waals surface area contributed by atoms with Crippen molar-refractivity contribution in [1.82, 2.24) is 0 Å². The Morgan fingerprint density at radius 1 is 1.30 bits per heavy atom. The van der Waals surface area contributed by atoms with E-state index in [1.165, 1.54) is 5.56 Å². The minimum atomic E-state index is -0.909. The van der Waals surface area contributed by atoms with E-state index in [9.17, 15) is 5.11 Å². The Bertz CT molecular complexity index is 477. The second-order valence-electron chi connectivity index (χ2n) is 6.64. The smallest absolute Gasteiger partial charge is 0.330 e. The lowest BCUT2D eigenvalue weighted by Crippen LogP contribution is -2.49. The minimum Gasteiger partial charge on any atom is -0.493 e. The molecule has 0 saturated heterocycles. The fourth-order valence-electron chi connectivity index (χ4n) is 2.02. The zero-order valence-electron chi connectivity index (χ0n) is 13.1. The first-order valence-electron chi connectivity index (χ1n) is 7.21. The predicted octanol–water partition coefficient (Wildman–Crippen LogP) is 2.38. The molecular weight excluding hydrogens is 251 g/mol. The SMILES string of the molecule is CC1CCOc2ccc([B]OC(C)(C)C(C)(C)O)cc21. The molecule has 1 N–H and O–H groups in total. The summed E-state index contributed by atoms with van der Waals surface area (Å²) in [6, 6.07) is 6.09. The number of ether oxygens (including phenoxy) is 1. The first-order chi connectivity index (χ1) is 9.21. The van der Waals surface area contributed by atoms with Gasteiger partial charge in [-0.25, -0.2) is 0 Å². The van der Waals surface area contributed by atoms with Crippen molar-refractivity contribution in [2.24, 2.45) is 0 Å². The summed E-state index contributed by atoms with van der Waals surface area (Å²) in [5.41, 5.74) is 0.673. The van der Waals surface area contributed by atoms with E-state index in [1.54, 1.807) is 21.3 Å². The molecule has 1 unspecified atom stereocenters. The predicted molar refractivity (Wildman–Crippen MR) is 81.8 cm³/mol. The van der Waals surface area contributed by atoms with Crippen molar-refractivity contribution in [3.8, 4) is 5.75 Å². The number of rotatable bonds is 4. The monoisotopic (exact) mass is 275 g/mol. The summed E-state index contributed by atoms with van der Waals surface area (Å²) < 4.78 is 11.4. The Labute approximate surface area is 122 Å². The van der Waals surface area contributed by atoms with Crippen LogP contribution in [0.15, 0.2) is 18.2 Å². The van der Waals surface area contributed by atoms with Crippen molar-refractivity contribution in [1.29, 1.82) is 0 Å². The van der Waals surface area contributed by atoms with E-state index < -0.39 is 11.2 Å². The Balaban J connectivity index is 2.10. The molecule has 0 saturated carbocycles. The van der Waals surface area contributed by atoms with Gasteiger partial charge in [-0.05, 0) is 51.7 Å². The van der Waals surface area contributed by atoms with Crippen molar-refractivity contribution >= 4 is 12.9 Å². The molecule has 0 aliphatic carbocycles. The normalized spacial score (nSPS) is 19.2. The van der Waals surface area contributed by atoms with Crippen LogP contribution in [-0.4, -0.2) is 30.4 Å². The fourth-order valence-corrected chi connectivity index (χ4v) is 2.02. The highest BCUT2D eigenvalue weighted by atomic mass is 16.5. The second-order valence-corrected chi connectivity index (χ2v) is 6.64. The molecule has 0 amide bonds. The van der Waals surface area contributed by atoms with Gasteiger partial charge in [0.15, 0.2) is 0 Å². The van der Waals surface area contributed by atoms with Gasteiger partial charge in [-0.15, -0.1) is 0 Å². The molecule has 109 valence electrons. The van der Waals surface area contributed by atoms with E-state index in [0.717, 1.165) is 24.2 Å². The molecule has 1 radical (unpaired) electrons. The molecule has 1 aliphatic heterocycles. The van der Waals surface area contributed by atoms with Gasteiger partial charge in [-0.1, -0.05) is 24.5 Å². The lowest BCUT2D eigenvalue weighted by Gasteiger charge is -2.37. The highest BCUT2D eigenvalue weighted by Gasteiger charge is 2.35. The Morgan fingerprint density at radius 2 is 2.00 bits per heavy atom. The summed E-state index contributed by atoms with van der Waals surface area (Å²) >= 11 is 0. The maximum atomic E-state index is 10.1. The Kier molecular flexibility index (Phi) is 4.17. The van der Waals surface area contributed by atoms with Gasteiger partial charge < -0.3 is 14.5 Å². The minimum absolute atomic E-state index is 0.509. The molecular formula is C16H24BO3. The number of fused-ring (bicyclic) bond motifs is 1. The van der Waals surface area contributed by atoms with Crippen LogP contribution < -0.4 is 10.2 Å². The van der Waals surface area contributed by atoms with Crippen LogP contribution in [0.4, 0.5) is 0 Å². The van der Waals surface area contributed by atoms with Crippen LogP contribution in [0.3, 0.4) is 0 Å². The van der Waals surface area contributed by atoms with Crippen molar-refractivity contribution in [3.63, 3.8) is 0 Å². The van der Waals surface area contributed by atoms with Gasteiger partial charge in [-0.3, -0.25) is 0 Å². The molecule has 0 aromatic heterocycles. The van der Waals surface area contributed by atoms with Gasteiger partial charge in [0, 0.05) is 0 Å². The summed E-state index contributed by atoms with van der Waals surface area (Å²) in [5.74, 6) is 1.48. The Morgan fingerprint density at radius 3 is 2.65 bits per heavy atom. The van der Waals surface area contributed by atoms with E-state index >= 15 is 0 Å². The topological polar surface area (TPSA) is 38.7 Å². The third kappa shape index (κ3) is 3.18. The van der Waals surface area contributed by atoms with Crippen LogP contribution >= 0.6 is 0 Å². The van der Waals surface area contributed by atoms with Crippen LogP contribution in [0.5, 0.6) is 5.75 Å². The van der Waals surface area contributed by atoms with E-state index in [0.29, 0.717) is 5.92 Å². The van der Waals surface area contributed by atoms with Gasteiger partial charge in [0.2, 0.25) is 0 Å². The molecule has 1 heterocycles. The molecule has 0 spiro atoms.